The van der Waals surface area contributed by atoms with Crippen molar-refractivity contribution >= 4 is 0 Å². The van der Waals surface area contributed by atoms with Gasteiger partial charge in [-0.2, -0.15) is 0 Å². The SMILES string of the molecule is CC1OCCC1N(C)C1CC(C)(C)CCC1O. The second-order valence-corrected chi connectivity index (χ2v) is 6.64. The first-order valence-corrected chi connectivity index (χ1v) is 6.92. The Morgan fingerprint density at radius 2 is 1.94 bits per heavy atom. The van der Waals surface area contributed by atoms with Gasteiger partial charge >= 0.3 is 0 Å². The maximum atomic E-state index is 10.2. The molecule has 4 atom stereocenters. The predicted molar refractivity (Wildman–Crippen MR) is 69.0 cm³/mol. The first kappa shape index (κ1) is 13.3. The third-order valence-corrected chi connectivity index (χ3v) is 4.71. The highest BCUT2D eigenvalue weighted by molar-refractivity contribution is 4.94. The minimum atomic E-state index is -0.166. The molecule has 0 amide bonds. The molecule has 2 aliphatic rings. The summed E-state index contributed by atoms with van der Waals surface area (Å²) in [6.45, 7) is 7.64. The molecule has 0 bridgehead atoms. The van der Waals surface area contributed by atoms with Crippen LogP contribution in [0.2, 0.25) is 0 Å². The van der Waals surface area contributed by atoms with Crippen molar-refractivity contribution in [1.82, 2.24) is 4.90 Å². The molecule has 1 aliphatic carbocycles. The van der Waals surface area contributed by atoms with E-state index >= 15 is 0 Å². The van der Waals surface area contributed by atoms with Crippen LogP contribution < -0.4 is 0 Å². The Bertz CT molecular complexity index is 267. The minimum absolute atomic E-state index is 0.166. The molecular weight excluding hydrogens is 214 g/mol. The zero-order chi connectivity index (χ0) is 12.6. The molecule has 1 heterocycles. The lowest BCUT2D eigenvalue weighted by molar-refractivity contribution is -0.0338. The lowest BCUT2D eigenvalue weighted by atomic mass is 9.73. The molecule has 0 radical (unpaired) electrons. The number of nitrogens with zero attached hydrogens (tertiary/aromatic N) is 1. The van der Waals surface area contributed by atoms with Gasteiger partial charge in [0.1, 0.15) is 0 Å². The average molecular weight is 241 g/mol. The summed E-state index contributed by atoms with van der Waals surface area (Å²) in [4.78, 5) is 2.38. The van der Waals surface area contributed by atoms with Crippen molar-refractivity contribution < 1.29 is 9.84 Å². The van der Waals surface area contributed by atoms with E-state index in [1.807, 2.05) is 0 Å². The first-order valence-electron chi connectivity index (χ1n) is 6.92. The summed E-state index contributed by atoms with van der Waals surface area (Å²) >= 11 is 0. The molecule has 2 fully saturated rings. The number of hydrogen-bond acceptors (Lipinski definition) is 3. The molecule has 1 N–H and O–H groups in total. The van der Waals surface area contributed by atoms with E-state index in [-0.39, 0.29) is 6.10 Å². The predicted octanol–water partition coefficient (Wildman–Crippen LogP) is 2.04. The molecule has 3 nitrogen and oxygen atoms in total. The fourth-order valence-corrected chi connectivity index (χ4v) is 3.45. The van der Waals surface area contributed by atoms with Crippen molar-refractivity contribution in [3.05, 3.63) is 0 Å². The fourth-order valence-electron chi connectivity index (χ4n) is 3.45. The Hall–Kier alpha value is -0.120. The Morgan fingerprint density at radius 1 is 1.24 bits per heavy atom. The van der Waals surface area contributed by atoms with Gasteiger partial charge in [-0.15, -0.1) is 0 Å². The van der Waals surface area contributed by atoms with E-state index in [4.69, 9.17) is 4.74 Å². The van der Waals surface area contributed by atoms with Crippen molar-refractivity contribution in [3.8, 4) is 0 Å². The maximum absolute atomic E-state index is 10.2. The van der Waals surface area contributed by atoms with E-state index < -0.39 is 0 Å². The van der Waals surface area contributed by atoms with E-state index in [1.165, 1.54) is 0 Å². The summed E-state index contributed by atoms with van der Waals surface area (Å²) in [5.74, 6) is 0. The van der Waals surface area contributed by atoms with E-state index in [0.29, 0.717) is 23.6 Å². The lowest BCUT2D eigenvalue weighted by Gasteiger charge is -2.45. The Balaban J connectivity index is 2.04. The summed E-state index contributed by atoms with van der Waals surface area (Å²) in [7, 11) is 2.16. The molecule has 2 rings (SSSR count). The van der Waals surface area contributed by atoms with Crippen LogP contribution in [-0.4, -0.2) is 48.0 Å². The van der Waals surface area contributed by atoms with Crippen molar-refractivity contribution in [1.29, 1.82) is 0 Å². The highest BCUT2D eigenvalue weighted by Gasteiger charge is 2.40. The molecular formula is C14H27NO2. The Morgan fingerprint density at radius 3 is 2.53 bits per heavy atom. The molecule has 100 valence electrons. The van der Waals surface area contributed by atoms with Gasteiger partial charge in [0.2, 0.25) is 0 Å². The van der Waals surface area contributed by atoms with Gasteiger partial charge in [0.05, 0.1) is 12.2 Å². The van der Waals surface area contributed by atoms with Crippen molar-refractivity contribution in [3.63, 3.8) is 0 Å². The van der Waals surface area contributed by atoms with Gasteiger partial charge in [0.25, 0.3) is 0 Å². The lowest BCUT2D eigenvalue weighted by Crippen LogP contribution is -2.52. The van der Waals surface area contributed by atoms with Crippen LogP contribution in [0, 0.1) is 5.41 Å². The number of likely N-dealkylation sites (N-methyl/N-ethyl adjacent to an activating group) is 1. The molecule has 1 saturated carbocycles. The molecule has 1 saturated heterocycles. The second kappa shape index (κ2) is 4.87. The van der Waals surface area contributed by atoms with Gasteiger partial charge in [0, 0.05) is 18.7 Å². The third-order valence-electron chi connectivity index (χ3n) is 4.71. The number of rotatable bonds is 2. The topological polar surface area (TPSA) is 32.7 Å². The normalized spacial score (nSPS) is 42.0. The van der Waals surface area contributed by atoms with Gasteiger partial charge < -0.3 is 9.84 Å². The van der Waals surface area contributed by atoms with Crippen LogP contribution in [-0.2, 0) is 4.74 Å². The van der Waals surface area contributed by atoms with Gasteiger partial charge in [-0.1, -0.05) is 13.8 Å². The van der Waals surface area contributed by atoms with Crippen LogP contribution in [0.3, 0.4) is 0 Å². The quantitative estimate of drug-likeness (QED) is 0.803. The smallest absolute Gasteiger partial charge is 0.0703 e. The molecule has 0 aromatic rings. The Labute approximate surface area is 105 Å². The highest BCUT2D eigenvalue weighted by Crippen LogP contribution is 2.38. The molecule has 17 heavy (non-hydrogen) atoms. The van der Waals surface area contributed by atoms with Crippen LogP contribution in [0.25, 0.3) is 0 Å². The molecule has 4 unspecified atom stereocenters. The molecule has 0 aromatic heterocycles. The second-order valence-electron chi connectivity index (χ2n) is 6.64. The van der Waals surface area contributed by atoms with Gasteiger partial charge in [-0.05, 0) is 45.1 Å². The fraction of sp³-hybridized carbons (Fsp3) is 1.00. The number of ether oxygens (including phenoxy) is 1. The summed E-state index contributed by atoms with van der Waals surface area (Å²) in [6, 6.07) is 0.774. The zero-order valence-electron chi connectivity index (χ0n) is 11.6. The maximum Gasteiger partial charge on any atom is 0.0703 e. The van der Waals surface area contributed by atoms with E-state index in [1.54, 1.807) is 0 Å². The van der Waals surface area contributed by atoms with E-state index in [9.17, 15) is 5.11 Å². The van der Waals surface area contributed by atoms with Crippen LogP contribution in [0.4, 0.5) is 0 Å². The molecule has 3 heteroatoms. The van der Waals surface area contributed by atoms with E-state index in [2.05, 4.69) is 32.7 Å². The highest BCUT2D eigenvalue weighted by atomic mass is 16.5. The van der Waals surface area contributed by atoms with Crippen LogP contribution in [0.1, 0.15) is 46.5 Å². The Kier molecular flexibility index (Phi) is 3.81. The summed E-state index contributed by atoms with van der Waals surface area (Å²) in [5, 5.41) is 10.2. The summed E-state index contributed by atoms with van der Waals surface area (Å²) < 4.78 is 5.64. The molecule has 0 aromatic carbocycles. The van der Waals surface area contributed by atoms with Crippen molar-refractivity contribution in [2.45, 2.75) is 70.7 Å². The molecule has 1 aliphatic heterocycles. The number of aliphatic hydroxyl groups is 1. The van der Waals surface area contributed by atoms with Crippen LogP contribution in [0.15, 0.2) is 0 Å². The summed E-state index contributed by atoms with van der Waals surface area (Å²) in [6.07, 6.45) is 4.40. The van der Waals surface area contributed by atoms with E-state index in [0.717, 1.165) is 32.3 Å². The number of hydrogen-bond donors (Lipinski definition) is 1. The summed E-state index contributed by atoms with van der Waals surface area (Å²) in [5.41, 5.74) is 0.362. The van der Waals surface area contributed by atoms with Gasteiger partial charge in [-0.25, -0.2) is 0 Å². The monoisotopic (exact) mass is 241 g/mol. The first-order chi connectivity index (χ1) is 7.91. The third kappa shape index (κ3) is 2.83. The number of aliphatic hydroxyl groups excluding tert-OH is 1. The van der Waals surface area contributed by atoms with Crippen molar-refractivity contribution in [2.75, 3.05) is 13.7 Å². The minimum Gasteiger partial charge on any atom is -0.391 e. The largest absolute Gasteiger partial charge is 0.391 e. The van der Waals surface area contributed by atoms with Gasteiger partial charge in [0.15, 0.2) is 0 Å². The molecule has 0 spiro atoms. The zero-order valence-corrected chi connectivity index (χ0v) is 11.6. The van der Waals surface area contributed by atoms with Crippen LogP contribution >= 0.6 is 0 Å². The van der Waals surface area contributed by atoms with Crippen LogP contribution in [0.5, 0.6) is 0 Å². The van der Waals surface area contributed by atoms with Crippen molar-refractivity contribution in [2.24, 2.45) is 5.41 Å². The standard InChI is InChI=1S/C14H27NO2/c1-10-11(6-8-17-10)15(4)12-9-14(2,3)7-5-13(12)16/h10-13,16H,5-9H2,1-4H3. The van der Waals surface area contributed by atoms with Gasteiger partial charge in [-0.3, -0.25) is 4.90 Å². The average Bonchev–Trinajstić information content (AvgIpc) is 2.67.